The van der Waals surface area contributed by atoms with Crippen molar-refractivity contribution < 1.29 is 9.53 Å². The van der Waals surface area contributed by atoms with Gasteiger partial charge in [0.25, 0.3) is 5.91 Å². The molecular formula is C19H16ClNO2S. The molecule has 0 N–H and O–H groups in total. The Balaban J connectivity index is 1.60. The molecule has 0 spiro atoms. The van der Waals surface area contributed by atoms with E-state index in [9.17, 15) is 4.79 Å². The number of rotatable bonds is 2. The molecule has 4 rings (SSSR count). The number of halogens is 1. The van der Waals surface area contributed by atoms with E-state index in [1.54, 1.807) is 0 Å². The topological polar surface area (TPSA) is 29.5 Å². The zero-order valence-electron chi connectivity index (χ0n) is 12.9. The fraction of sp³-hybridized carbons (Fsp3) is 0.211. The molecule has 1 unspecified atom stereocenters. The highest BCUT2D eigenvalue weighted by atomic mass is 35.5. The van der Waals surface area contributed by atoms with Crippen molar-refractivity contribution in [2.75, 3.05) is 19.7 Å². The summed E-state index contributed by atoms with van der Waals surface area (Å²) in [6, 6.07) is 17.9. The standard InChI is InChI=1S/C19H16ClNO2S/c20-17-14-8-4-5-9-16(14)24-18(17)19(22)21-10-11-23-15(12-21)13-6-2-1-3-7-13/h1-9,15H,10-12H2. The van der Waals surface area contributed by atoms with Crippen LogP contribution in [0.5, 0.6) is 0 Å². The molecule has 0 bridgehead atoms. The lowest BCUT2D eigenvalue weighted by Gasteiger charge is -2.33. The summed E-state index contributed by atoms with van der Waals surface area (Å²) in [6.07, 6.45) is -0.0861. The molecule has 0 saturated carbocycles. The number of amides is 1. The Bertz CT molecular complexity index is 877. The molecule has 2 heterocycles. The Morgan fingerprint density at radius 1 is 1.12 bits per heavy atom. The third-order valence-electron chi connectivity index (χ3n) is 4.25. The zero-order chi connectivity index (χ0) is 16.5. The van der Waals surface area contributed by atoms with Gasteiger partial charge in [0, 0.05) is 16.6 Å². The third kappa shape index (κ3) is 2.81. The Hall–Kier alpha value is -1.88. The molecule has 5 heteroatoms. The maximum absolute atomic E-state index is 13.0. The van der Waals surface area contributed by atoms with Gasteiger partial charge in [0.15, 0.2) is 0 Å². The van der Waals surface area contributed by atoms with Crippen molar-refractivity contribution in [1.82, 2.24) is 4.90 Å². The minimum absolute atomic E-state index is 0.00886. The molecule has 122 valence electrons. The quantitative estimate of drug-likeness (QED) is 0.661. The van der Waals surface area contributed by atoms with Crippen LogP contribution in [0.1, 0.15) is 21.3 Å². The summed E-state index contributed by atoms with van der Waals surface area (Å²) >= 11 is 7.92. The number of ether oxygens (including phenoxy) is 1. The van der Waals surface area contributed by atoms with Crippen LogP contribution in [0.15, 0.2) is 54.6 Å². The fourth-order valence-electron chi connectivity index (χ4n) is 3.00. The van der Waals surface area contributed by atoms with Gasteiger partial charge in [0.05, 0.1) is 18.2 Å². The van der Waals surface area contributed by atoms with Crippen LogP contribution in [-0.4, -0.2) is 30.5 Å². The molecule has 24 heavy (non-hydrogen) atoms. The summed E-state index contributed by atoms with van der Waals surface area (Å²) in [5.74, 6) is -0.00886. The molecule has 0 aliphatic carbocycles. The van der Waals surface area contributed by atoms with Gasteiger partial charge in [-0.2, -0.15) is 0 Å². The van der Waals surface area contributed by atoms with Gasteiger partial charge in [-0.15, -0.1) is 11.3 Å². The number of morpholine rings is 1. The van der Waals surface area contributed by atoms with Gasteiger partial charge in [-0.25, -0.2) is 0 Å². The number of thiophene rings is 1. The van der Waals surface area contributed by atoms with Crippen molar-refractivity contribution >= 4 is 38.9 Å². The molecule has 1 aliphatic rings. The van der Waals surface area contributed by atoms with Crippen LogP contribution in [-0.2, 0) is 4.74 Å². The summed E-state index contributed by atoms with van der Waals surface area (Å²) in [5, 5.41) is 1.50. The van der Waals surface area contributed by atoms with Crippen molar-refractivity contribution in [3.05, 3.63) is 70.1 Å². The van der Waals surface area contributed by atoms with Crippen LogP contribution in [0, 0.1) is 0 Å². The number of carbonyl (C=O) groups is 1. The van der Waals surface area contributed by atoms with Crippen molar-refractivity contribution in [3.8, 4) is 0 Å². The summed E-state index contributed by atoms with van der Waals surface area (Å²) in [7, 11) is 0. The predicted octanol–water partition coefficient (Wildman–Crippen LogP) is 4.77. The van der Waals surface area contributed by atoms with Gasteiger partial charge in [0.2, 0.25) is 0 Å². The van der Waals surface area contributed by atoms with Gasteiger partial charge in [-0.3, -0.25) is 4.79 Å². The van der Waals surface area contributed by atoms with Crippen LogP contribution in [0.2, 0.25) is 5.02 Å². The number of carbonyl (C=O) groups excluding carboxylic acids is 1. The molecule has 1 aliphatic heterocycles. The van der Waals surface area contributed by atoms with Crippen molar-refractivity contribution in [3.63, 3.8) is 0 Å². The number of nitrogens with zero attached hydrogens (tertiary/aromatic N) is 1. The highest BCUT2D eigenvalue weighted by Crippen LogP contribution is 2.36. The van der Waals surface area contributed by atoms with E-state index in [0.717, 1.165) is 15.6 Å². The zero-order valence-corrected chi connectivity index (χ0v) is 14.5. The van der Waals surface area contributed by atoms with E-state index in [0.29, 0.717) is 29.6 Å². The van der Waals surface area contributed by atoms with Gasteiger partial charge in [0.1, 0.15) is 11.0 Å². The van der Waals surface area contributed by atoms with Crippen LogP contribution in [0.3, 0.4) is 0 Å². The van der Waals surface area contributed by atoms with Crippen molar-refractivity contribution in [1.29, 1.82) is 0 Å². The Kier molecular flexibility index (Phi) is 4.27. The molecule has 1 aromatic heterocycles. The van der Waals surface area contributed by atoms with Gasteiger partial charge in [-0.1, -0.05) is 60.1 Å². The van der Waals surface area contributed by atoms with E-state index in [1.807, 2.05) is 59.5 Å². The molecule has 1 fully saturated rings. The average Bonchev–Trinajstić information content (AvgIpc) is 2.99. The predicted molar refractivity (Wildman–Crippen MR) is 97.9 cm³/mol. The first kappa shape index (κ1) is 15.6. The second kappa shape index (κ2) is 6.55. The highest BCUT2D eigenvalue weighted by molar-refractivity contribution is 7.21. The largest absolute Gasteiger partial charge is 0.370 e. The van der Waals surface area contributed by atoms with E-state index >= 15 is 0 Å². The maximum atomic E-state index is 13.0. The fourth-order valence-corrected chi connectivity index (χ4v) is 4.48. The highest BCUT2D eigenvalue weighted by Gasteiger charge is 2.28. The van der Waals surface area contributed by atoms with Crippen LogP contribution >= 0.6 is 22.9 Å². The van der Waals surface area contributed by atoms with Gasteiger partial charge in [-0.05, 0) is 11.6 Å². The normalized spacial score (nSPS) is 18.0. The minimum Gasteiger partial charge on any atom is -0.370 e. The first-order valence-electron chi connectivity index (χ1n) is 7.87. The summed E-state index contributed by atoms with van der Waals surface area (Å²) in [4.78, 5) is 15.4. The number of benzene rings is 2. The van der Waals surface area contributed by atoms with Crippen LogP contribution < -0.4 is 0 Å². The molecule has 2 aromatic carbocycles. The van der Waals surface area contributed by atoms with Gasteiger partial charge >= 0.3 is 0 Å². The molecular weight excluding hydrogens is 342 g/mol. The monoisotopic (exact) mass is 357 g/mol. The van der Waals surface area contributed by atoms with E-state index in [1.165, 1.54) is 11.3 Å². The number of hydrogen-bond acceptors (Lipinski definition) is 3. The SMILES string of the molecule is O=C(c1sc2ccccc2c1Cl)N1CCOC(c2ccccc2)C1. The lowest BCUT2D eigenvalue weighted by molar-refractivity contribution is -0.0226. The Morgan fingerprint density at radius 2 is 1.88 bits per heavy atom. The number of fused-ring (bicyclic) bond motifs is 1. The second-order valence-corrected chi connectivity index (χ2v) is 7.19. The van der Waals surface area contributed by atoms with Crippen molar-refractivity contribution in [2.24, 2.45) is 0 Å². The van der Waals surface area contributed by atoms with E-state index in [4.69, 9.17) is 16.3 Å². The summed E-state index contributed by atoms with van der Waals surface area (Å²) in [6.45, 7) is 1.67. The summed E-state index contributed by atoms with van der Waals surface area (Å²) in [5.41, 5.74) is 1.09. The third-order valence-corrected chi connectivity index (χ3v) is 5.92. The molecule has 3 nitrogen and oxygen atoms in total. The van der Waals surface area contributed by atoms with E-state index in [-0.39, 0.29) is 12.0 Å². The van der Waals surface area contributed by atoms with Crippen molar-refractivity contribution in [2.45, 2.75) is 6.10 Å². The molecule has 1 saturated heterocycles. The van der Waals surface area contributed by atoms with E-state index in [2.05, 4.69) is 0 Å². The van der Waals surface area contributed by atoms with E-state index < -0.39 is 0 Å². The van der Waals surface area contributed by atoms with Crippen LogP contribution in [0.25, 0.3) is 10.1 Å². The Morgan fingerprint density at radius 3 is 2.67 bits per heavy atom. The lowest BCUT2D eigenvalue weighted by atomic mass is 10.1. The summed E-state index contributed by atoms with van der Waals surface area (Å²) < 4.78 is 6.89. The van der Waals surface area contributed by atoms with Gasteiger partial charge < -0.3 is 9.64 Å². The Labute approximate surface area is 149 Å². The lowest BCUT2D eigenvalue weighted by Crippen LogP contribution is -2.42. The number of hydrogen-bond donors (Lipinski definition) is 0. The average molecular weight is 358 g/mol. The smallest absolute Gasteiger partial charge is 0.265 e. The second-order valence-electron chi connectivity index (χ2n) is 5.76. The van der Waals surface area contributed by atoms with Crippen LogP contribution in [0.4, 0.5) is 0 Å². The molecule has 1 amide bonds. The minimum atomic E-state index is -0.0861. The molecule has 3 aromatic rings. The first-order valence-corrected chi connectivity index (χ1v) is 9.06. The molecule has 0 radical (unpaired) electrons. The molecule has 1 atom stereocenters. The maximum Gasteiger partial charge on any atom is 0.265 e. The first-order chi connectivity index (χ1) is 11.7.